The van der Waals surface area contributed by atoms with Crippen molar-refractivity contribution < 1.29 is 4.92 Å². The lowest BCUT2D eigenvalue weighted by Crippen LogP contribution is -2.35. The number of nitro groups is 1. The molecule has 1 aliphatic rings. The molecule has 1 aliphatic heterocycles. The van der Waals surface area contributed by atoms with Gasteiger partial charge < -0.3 is 10.2 Å². The summed E-state index contributed by atoms with van der Waals surface area (Å²) >= 11 is 0. The Kier molecular flexibility index (Phi) is 4.31. The lowest BCUT2D eigenvalue weighted by molar-refractivity contribution is -0.384. The summed E-state index contributed by atoms with van der Waals surface area (Å²) in [7, 11) is 2.11. The quantitative estimate of drug-likeness (QED) is 0.665. The van der Waals surface area contributed by atoms with E-state index in [2.05, 4.69) is 22.2 Å². The lowest BCUT2D eigenvalue weighted by atomic mass is 9.98. The summed E-state index contributed by atoms with van der Waals surface area (Å²) in [5, 5.41) is 14.1. The summed E-state index contributed by atoms with van der Waals surface area (Å²) in [6.07, 6.45) is 4.01. The number of piperidine rings is 1. The largest absolute Gasteiger partial charge is 0.364 e. The molecule has 1 unspecified atom stereocenters. The maximum Gasteiger partial charge on any atom is 0.311 e. The van der Waals surface area contributed by atoms with Gasteiger partial charge in [-0.1, -0.05) is 0 Å². The normalized spacial score (nSPS) is 20.2. The third-order valence-electron chi connectivity index (χ3n) is 3.48. The van der Waals surface area contributed by atoms with Gasteiger partial charge in [-0.15, -0.1) is 0 Å². The number of rotatable bonds is 4. The molecule has 6 nitrogen and oxygen atoms in total. The van der Waals surface area contributed by atoms with Gasteiger partial charge in [0.15, 0.2) is 0 Å². The van der Waals surface area contributed by atoms with E-state index in [0.29, 0.717) is 11.7 Å². The highest BCUT2D eigenvalue weighted by molar-refractivity contribution is 5.56. The van der Waals surface area contributed by atoms with Crippen LogP contribution < -0.4 is 5.32 Å². The number of nitrogens with zero attached hydrogens (tertiary/aromatic N) is 3. The van der Waals surface area contributed by atoms with Gasteiger partial charge in [0, 0.05) is 25.4 Å². The van der Waals surface area contributed by atoms with Crippen LogP contribution in [-0.4, -0.2) is 41.5 Å². The first-order valence-electron chi connectivity index (χ1n) is 6.59. The first-order chi connectivity index (χ1) is 9.06. The fourth-order valence-electron chi connectivity index (χ4n) is 2.51. The molecule has 1 saturated heterocycles. The van der Waals surface area contributed by atoms with Crippen molar-refractivity contribution in [3.63, 3.8) is 0 Å². The van der Waals surface area contributed by atoms with E-state index in [0.717, 1.165) is 31.6 Å². The fraction of sp³-hybridized carbons (Fsp3) is 0.615. The van der Waals surface area contributed by atoms with E-state index in [1.165, 1.54) is 6.42 Å². The van der Waals surface area contributed by atoms with Gasteiger partial charge in [0.25, 0.3) is 0 Å². The van der Waals surface area contributed by atoms with Gasteiger partial charge in [-0.05, 0) is 44.8 Å². The molecule has 1 fully saturated rings. The Morgan fingerprint density at radius 3 is 3.11 bits per heavy atom. The molecule has 0 saturated carbocycles. The van der Waals surface area contributed by atoms with Gasteiger partial charge in [-0.25, -0.2) is 4.98 Å². The molecule has 1 aromatic heterocycles. The zero-order valence-corrected chi connectivity index (χ0v) is 11.4. The van der Waals surface area contributed by atoms with Crippen LogP contribution in [0, 0.1) is 23.0 Å². The molecule has 0 spiro atoms. The molecule has 0 bridgehead atoms. The molecule has 19 heavy (non-hydrogen) atoms. The maximum absolute atomic E-state index is 11.0. The molecule has 2 rings (SSSR count). The van der Waals surface area contributed by atoms with Gasteiger partial charge in [0.2, 0.25) is 5.82 Å². The first kappa shape index (κ1) is 13.7. The average Bonchev–Trinajstić information content (AvgIpc) is 2.37. The fourth-order valence-corrected chi connectivity index (χ4v) is 2.51. The SMILES string of the molecule is Cc1cnc(NCC2CCCN(C)C2)c([N+](=O)[O-])c1. The highest BCUT2D eigenvalue weighted by Crippen LogP contribution is 2.23. The van der Waals surface area contributed by atoms with E-state index in [9.17, 15) is 10.1 Å². The van der Waals surface area contributed by atoms with Crippen molar-refractivity contribution in [1.82, 2.24) is 9.88 Å². The van der Waals surface area contributed by atoms with Gasteiger partial charge >= 0.3 is 5.69 Å². The summed E-state index contributed by atoms with van der Waals surface area (Å²) in [5.74, 6) is 0.908. The summed E-state index contributed by atoms with van der Waals surface area (Å²) in [6, 6.07) is 1.56. The number of likely N-dealkylation sites (tertiary alicyclic amines) is 1. The van der Waals surface area contributed by atoms with E-state index in [-0.39, 0.29) is 10.6 Å². The Morgan fingerprint density at radius 2 is 2.42 bits per heavy atom. The van der Waals surface area contributed by atoms with Crippen molar-refractivity contribution in [1.29, 1.82) is 0 Å². The third-order valence-corrected chi connectivity index (χ3v) is 3.48. The number of nitrogens with one attached hydrogen (secondary N) is 1. The summed E-state index contributed by atoms with van der Waals surface area (Å²) in [6.45, 7) is 4.72. The predicted octanol–water partition coefficient (Wildman–Crippen LogP) is 2.05. The van der Waals surface area contributed by atoms with Crippen molar-refractivity contribution in [2.45, 2.75) is 19.8 Å². The highest BCUT2D eigenvalue weighted by Gasteiger charge is 2.20. The number of aryl methyl sites for hydroxylation is 1. The Bertz CT molecular complexity index is 464. The predicted molar refractivity (Wildman–Crippen MR) is 74.3 cm³/mol. The van der Waals surface area contributed by atoms with Crippen molar-refractivity contribution in [3.8, 4) is 0 Å². The van der Waals surface area contributed by atoms with Crippen molar-refractivity contribution in [2.75, 3.05) is 32.0 Å². The van der Waals surface area contributed by atoms with Crippen molar-refractivity contribution in [2.24, 2.45) is 5.92 Å². The monoisotopic (exact) mass is 264 g/mol. The molecule has 1 atom stereocenters. The minimum atomic E-state index is -0.380. The zero-order chi connectivity index (χ0) is 13.8. The summed E-state index contributed by atoms with van der Waals surface area (Å²) in [4.78, 5) is 17.0. The van der Waals surface area contributed by atoms with Crippen LogP contribution in [0.5, 0.6) is 0 Å². The molecular weight excluding hydrogens is 244 g/mol. The molecule has 0 aromatic carbocycles. The van der Waals surface area contributed by atoms with Crippen LogP contribution in [0.25, 0.3) is 0 Å². The van der Waals surface area contributed by atoms with Crippen LogP contribution in [0.1, 0.15) is 18.4 Å². The van der Waals surface area contributed by atoms with E-state index < -0.39 is 0 Å². The minimum absolute atomic E-state index is 0.0594. The smallest absolute Gasteiger partial charge is 0.311 e. The lowest BCUT2D eigenvalue weighted by Gasteiger charge is -2.29. The molecule has 0 amide bonds. The number of anilines is 1. The van der Waals surface area contributed by atoms with Crippen LogP contribution in [0.3, 0.4) is 0 Å². The molecule has 1 N–H and O–H groups in total. The Labute approximate surface area is 113 Å². The summed E-state index contributed by atoms with van der Waals surface area (Å²) in [5.41, 5.74) is 0.860. The number of aromatic nitrogens is 1. The molecule has 104 valence electrons. The second-order valence-electron chi connectivity index (χ2n) is 5.29. The van der Waals surface area contributed by atoms with Gasteiger partial charge in [0.05, 0.1) is 4.92 Å². The minimum Gasteiger partial charge on any atom is -0.364 e. The van der Waals surface area contributed by atoms with Crippen LogP contribution in [0.2, 0.25) is 0 Å². The Morgan fingerprint density at radius 1 is 1.63 bits per heavy atom. The van der Waals surface area contributed by atoms with Crippen LogP contribution in [0.4, 0.5) is 11.5 Å². The van der Waals surface area contributed by atoms with E-state index >= 15 is 0 Å². The topological polar surface area (TPSA) is 71.3 Å². The van der Waals surface area contributed by atoms with Crippen molar-refractivity contribution >= 4 is 11.5 Å². The van der Waals surface area contributed by atoms with Crippen LogP contribution >= 0.6 is 0 Å². The summed E-state index contributed by atoms with van der Waals surface area (Å²) < 4.78 is 0. The highest BCUT2D eigenvalue weighted by atomic mass is 16.6. The Balaban J connectivity index is 2.01. The number of hydrogen-bond donors (Lipinski definition) is 1. The van der Waals surface area contributed by atoms with E-state index in [1.54, 1.807) is 19.2 Å². The van der Waals surface area contributed by atoms with Crippen molar-refractivity contribution in [3.05, 3.63) is 27.9 Å². The third kappa shape index (κ3) is 3.64. The first-order valence-corrected chi connectivity index (χ1v) is 6.59. The van der Waals surface area contributed by atoms with Crippen LogP contribution in [0.15, 0.2) is 12.3 Å². The standard InChI is InChI=1S/C13H20N4O2/c1-10-6-12(17(18)19)13(14-7-10)15-8-11-4-3-5-16(2)9-11/h6-7,11H,3-5,8-9H2,1-2H3,(H,14,15). The van der Waals surface area contributed by atoms with Gasteiger partial charge in [0.1, 0.15) is 0 Å². The number of hydrogen-bond acceptors (Lipinski definition) is 5. The zero-order valence-electron chi connectivity index (χ0n) is 11.4. The Hall–Kier alpha value is -1.69. The number of pyridine rings is 1. The maximum atomic E-state index is 11.0. The molecule has 6 heteroatoms. The van der Waals surface area contributed by atoms with E-state index in [4.69, 9.17) is 0 Å². The van der Waals surface area contributed by atoms with E-state index in [1.807, 2.05) is 0 Å². The molecule has 0 aliphatic carbocycles. The van der Waals surface area contributed by atoms with Gasteiger partial charge in [-0.3, -0.25) is 10.1 Å². The second-order valence-corrected chi connectivity index (χ2v) is 5.29. The van der Waals surface area contributed by atoms with Gasteiger partial charge in [-0.2, -0.15) is 0 Å². The van der Waals surface area contributed by atoms with Crippen LogP contribution in [-0.2, 0) is 0 Å². The molecule has 2 heterocycles. The average molecular weight is 264 g/mol. The molecular formula is C13H20N4O2. The molecule has 1 aromatic rings. The second kappa shape index (κ2) is 5.97. The molecule has 0 radical (unpaired) electrons.